The van der Waals surface area contributed by atoms with Crippen LogP contribution in [-0.4, -0.2) is 35.5 Å². The number of nitrogens with one attached hydrogen (secondary N) is 2. The number of hydrogen-bond donors (Lipinski definition) is 2. The number of benzene rings is 1. The summed E-state index contributed by atoms with van der Waals surface area (Å²) in [6.45, 7) is 4.52. The van der Waals surface area contributed by atoms with Crippen LogP contribution in [0.3, 0.4) is 0 Å². The summed E-state index contributed by atoms with van der Waals surface area (Å²) in [7, 11) is 0. The van der Waals surface area contributed by atoms with E-state index in [0.29, 0.717) is 5.56 Å². The largest absolute Gasteiger partial charge is 0.338 e. The molecular weight excluding hydrogens is 297 g/mol. The smallest absolute Gasteiger partial charge is 0.315 e. The lowest BCUT2D eigenvalue weighted by atomic mass is 10.0. The predicted octanol–water partition coefficient (Wildman–Crippen LogP) is 2.41. The maximum absolute atomic E-state index is 13.5. The molecule has 5 nitrogen and oxygen atoms in total. The lowest BCUT2D eigenvalue weighted by Crippen LogP contribution is -2.53. The van der Waals surface area contributed by atoms with Crippen molar-refractivity contribution in [3.63, 3.8) is 0 Å². The van der Waals surface area contributed by atoms with Crippen molar-refractivity contribution in [3.05, 3.63) is 35.6 Å². The molecule has 0 aliphatic carbocycles. The Hall–Kier alpha value is -2.11. The first-order chi connectivity index (χ1) is 11.0. The molecule has 0 radical (unpaired) electrons. The summed E-state index contributed by atoms with van der Waals surface area (Å²) < 4.78 is 13.5. The highest BCUT2D eigenvalue weighted by Crippen LogP contribution is 2.17. The van der Waals surface area contributed by atoms with Crippen LogP contribution in [0.15, 0.2) is 24.3 Å². The molecule has 2 atom stereocenters. The standard InChI is InChI=1S/C17H24FN3O2/c1-12-7-5-6-10-21(12)16(22)13(2)20-17(23)19-11-14-8-3-4-9-15(14)18/h3-4,8-9,12-13H,5-7,10-11H2,1-2H3,(H2,19,20,23)/t12-,13-/m0/s1. The van der Waals surface area contributed by atoms with Gasteiger partial charge in [0.25, 0.3) is 0 Å². The maximum atomic E-state index is 13.5. The molecule has 1 aromatic carbocycles. The third kappa shape index (κ3) is 4.68. The highest BCUT2D eigenvalue weighted by Gasteiger charge is 2.27. The molecule has 2 rings (SSSR count). The van der Waals surface area contributed by atoms with E-state index in [1.165, 1.54) is 6.07 Å². The van der Waals surface area contributed by atoms with E-state index in [-0.39, 0.29) is 24.3 Å². The van der Waals surface area contributed by atoms with Gasteiger partial charge in [0.2, 0.25) is 5.91 Å². The van der Waals surface area contributed by atoms with Gasteiger partial charge in [0.1, 0.15) is 11.9 Å². The minimum absolute atomic E-state index is 0.0711. The van der Waals surface area contributed by atoms with Gasteiger partial charge < -0.3 is 15.5 Å². The lowest BCUT2D eigenvalue weighted by Gasteiger charge is -2.35. The Bertz CT molecular complexity index is 565. The first-order valence-corrected chi connectivity index (χ1v) is 8.07. The van der Waals surface area contributed by atoms with Crippen LogP contribution in [0.2, 0.25) is 0 Å². The van der Waals surface area contributed by atoms with E-state index in [9.17, 15) is 14.0 Å². The van der Waals surface area contributed by atoms with Crippen LogP contribution in [0, 0.1) is 5.82 Å². The normalized spacial score (nSPS) is 19.1. The molecule has 0 unspecified atom stereocenters. The Morgan fingerprint density at radius 1 is 1.35 bits per heavy atom. The molecule has 126 valence electrons. The molecule has 0 saturated carbocycles. The van der Waals surface area contributed by atoms with Crippen molar-refractivity contribution in [2.45, 2.75) is 51.7 Å². The fourth-order valence-corrected chi connectivity index (χ4v) is 2.80. The number of halogens is 1. The lowest BCUT2D eigenvalue weighted by molar-refractivity contribution is -0.136. The summed E-state index contributed by atoms with van der Waals surface area (Å²) in [4.78, 5) is 26.1. The number of urea groups is 1. The van der Waals surface area contributed by atoms with Crippen molar-refractivity contribution < 1.29 is 14.0 Å². The fraction of sp³-hybridized carbons (Fsp3) is 0.529. The first-order valence-electron chi connectivity index (χ1n) is 8.07. The summed E-state index contributed by atoms with van der Waals surface area (Å²) in [5, 5.41) is 5.20. The van der Waals surface area contributed by atoms with E-state index in [1.54, 1.807) is 25.1 Å². The van der Waals surface area contributed by atoms with Crippen molar-refractivity contribution in [2.24, 2.45) is 0 Å². The Kier molecular flexibility index (Phi) is 5.96. The predicted molar refractivity (Wildman–Crippen MR) is 86.3 cm³/mol. The van der Waals surface area contributed by atoms with Gasteiger partial charge in [0, 0.05) is 24.7 Å². The van der Waals surface area contributed by atoms with Gasteiger partial charge >= 0.3 is 6.03 Å². The van der Waals surface area contributed by atoms with Gasteiger partial charge in [0.05, 0.1) is 0 Å². The minimum atomic E-state index is -0.601. The summed E-state index contributed by atoms with van der Waals surface area (Å²) >= 11 is 0. The number of piperidine rings is 1. The quantitative estimate of drug-likeness (QED) is 0.894. The first kappa shape index (κ1) is 17.2. The van der Waals surface area contributed by atoms with Crippen LogP contribution < -0.4 is 10.6 Å². The second-order valence-electron chi connectivity index (χ2n) is 6.02. The molecular formula is C17H24FN3O2. The van der Waals surface area contributed by atoms with E-state index in [4.69, 9.17) is 0 Å². The van der Waals surface area contributed by atoms with E-state index in [0.717, 1.165) is 25.8 Å². The number of nitrogens with zero attached hydrogens (tertiary/aromatic N) is 1. The van der Waals surface area contributed by atoms with Crippen molar-refractivity contribution >= 4 is 11.9 Å². The number of carbonyl (C=O) groups is 2. The number of likely N-dealkylation sites (tertiary alicyclic amines) is 1. The Balaban J connectivity index is 1.82. The van der Waals surface area contributed by atoms with E-state index >= 15 is 0 Å². The molecule has 0 spiro atoms. The molecule has 1 fully saturated rings. The highest BCUT2D eigenvalue weighted by molar-refractivity contribution is 5.87. The average molecular weight is 321 g/mol. The van der Waals surface area contributed by atoms with Gasteiger partial charge in [-0.25, -0.2) is 9.18 Å². The van der Waals surface area contributed by atoms with Gasteiger partial charge in [-0.15, -0.1) is 0 Å². The average Bonchev–Trinajstić information content (AvgIpc) is 2.54. The molecule has 0 aromatic heterocycles. The second kappa shape index (κ2) is 7.94. The molecule has 3 amide bonds. The zero-order valence-corrected chi connectivity index (χ0v) is 13.6. The summed E-state index contributed by atoms with van der Waals surface area (Å²) in [5.41, 5.74) is 0.409. The Morgan fingerprint density at radius 2 is 2.09 bits per heavy atom. The van der Waals surface area contributed by atoms with Gasteiger partial charge in [-0.2, -0.15) is 0 Å². The van der Waals surface area contributed by atoms with Gasteiger partial charge in [0.15, 0.2) is 0 Å². The Morgan fingerprint density at radius 3 is 2.78 bits per heavy atom. The maximum Gasteiger partial charge on any atom is 0.315 e. The topological polar surface area (TPSA) is 61.4 Å². The molecule has 1 aliphatic rings. The molecule has 1 saturated heterocycles. The molecule has 2 N–H and O–H groups in total. The SMILES string of the molecule is C[C@H](NC(=O)NCc1ccccc1F)C(=O)N1CCCC[C@@H]1C. The third-order valence-corrected chi connectivity index (χ3v) is 4.20. The van der Waals surface area contributed by atoms with Crippen LogP contribution in [0.1, 0.15) is 38.7 Å². The van der Waals surface area contributed by atoms with Crippen molar-refractivity contribution in [2.75, 3.05) is 6.54 Å². The van der Waals surface area contributed by atoms with Crippen LogP contribution >= 0.6 is 0 Å². The fourth-order valence-electron chi connectivity index (χ4n) is 2.80. The zero-order chi connectivity index (χ0) is 16.8. The number of hydrogen-bond acceptors (Lipinski definition) is 2. The van der Waals surface area contributed by atoms with Crippen LogP contribution in [-0.2, 0) is 11.3 Å². The number of rotatable bonds is 4. The molecule has 6 heteroatoms. The summed E-state index contributed by atoms with van der Waals surface area (Å²) in [6.07, 6.45) is 3.14. The highest BCUT2D eigenvalue weighted by atomic mass is 19.1. The minimum Gasteiger partial charge on any atom is -0.338 e. The monoisotopic (exact) mass is 321 g/mol. The van der Waals surface area contributed by atoms with Crippen molar-refractivity contribution in [1.29, 1.82) is 0 Å². The molecule has 1 heterocycles. The second-order valence-corrected chi connectivity index (χ2v) is 6.02. The van der Waals surface area contributed by atoms with Gasteiger partial charge in [-0.1, -0.05) is 18.2 Å². The number of carbonyl (C=O) groups excluding carboxylic acids is 2. The van der Waals surface area contributed by atoms with Crippen LogP contribution in [0.5, 0.6) is 0 Å². The molecule has 23 heavy (non-hydrogen) atoms. The van der Waals surface area contributed by atoms with E-state index in [2.05, 4.69) is 10.6 Å². The van der Waals surface area contributed by atoms with Gasteiger partial charge in [-0.3, -0.25) is 4.79 Å². The van der Waals surface area contributed by atoms with E-state index in [1.807, 2.05) is 11.8 Å². The van der Waals surface area contributed by atoms with Crippen molar-refractivity contribution in [3.8, 4) is 0 Å². The zero-order valence-electron chi connectivity index (χ0n) is 13.6. The van der Waals surface area contributed by atoms with Gasteiger partial charge in [-0.05, 0) is 39.2 Å². The molecule has 0 bridgehead atoms. The third-order valence-electron chi connectivity index (χ3n) is 4.20. The summed E-state index contributed by atoms with van der Waals surface area (Å²) in [6, 6.07) is 5.40. The van der Waals surface area contributed by atoms with Crippen LogP contribution in [0.25, 0.3) is 0 Å². The van der Waals surface area contributed by atoms with E-state index < -0.39 is 12.1 Å². The number of amides is 3. The van der Waals surface area contributed by atoms with Crippen LogP contribution in [0.4, 0.5) is 9.18 Å². The Labute approximate surface area is 136 Å². The molecule has 1 aromatic rings. The summed E-state index contributed by atoms with van der Waals surface area (Å²) in [5.74, 6) is -0.433. The molecule has 1 aliphatic heterocycles. The van der Waals surface area contributed by atoms with Crippen molar-refractivity contribution in [1.82, 2.24) is 15.5 Å².